The number of aryl methyl sites for hydroxylation is 1. The number of benzene rings is 1. The molecular formula is C43H57ClN4O7S. The summed E-state index contributed by atoms with van der Waals surface area (Å²) in [5, 5.41) is 0.727. The molecule has 1 N–H and O–H groups in total. The molecule has 11 nitrogen and oxygen atoms in total. The van der Waals surface area contributed by atoms with Gasteiger partial charge < -0.3 is 28.4 Å². The third-order valence-electron chi connectivity index (χ3n) is 11.8. The van der Waals surface area contributed by atoms with Crippen LogP contribution in [0, 0.1) is 17.8 Å². The molecule has 0 bridgehead atoms. The Kier molecular flexibility index (Phi) is 13.7. The number of allylic oxidation sites excluding steroid dienone is 3. The molecule has 2 amide bonds. The first-order valence-corrected chi connectivity index (χ1v) is 21.7. The SMILES string of the molecule is C=C/C1=C\C2=C(C)OC[C@]3(CCCc4cc(Cl)ccc43)CN2C[C@@H]2CC[C@H]2[C@@H](OC)/C=C/C[C@H](C)C[S@@](=O)(NC(=O)c2cc(COC)n(CCOC)c2)=NC1=O. The number of carbonyl (C=O) groups excluding carboxylic acids is 2. The van der Waals surface area contributed by atoms with Gasteiger partial charge in [0.05, 0.1) is 42.9 Å². The fourth-order valence-electron chi connectivity index (χ4n) is 8.77. The second-order valence-corrected chi connectivity index (χ2v) is 18.2. The van der Waals surface area contributed by atoms with E-state index in [-0.39, 0.29) is 40.9 Å². The highest BCUT2D eigenvalue weighted by Gasteiger charge is 2.44. The van der Waals surface area contributed by atoms with Gasteiger partial charge in [0.1, 0.15) is 15.7 Å². The van der Waals surface area contributed by atoms with Crippen LogP contribution in [0.25, 0.3) is 0 Å². The molecule has 3 heterocycles. The molecule has 13 heteroatoms. The van der Waals surface area contributed by atoms with E-state index in [9.17, 15) is 13.8 Å². The second-order valence-electron chi connectivity index (χ2n) is 15.8. The molecular weight excluding hydrogens is 752 g/mol. The van der Waals surface area contributed by atoms with Gasteiger partial charge in [0.2, 0.25) is 0 Å². The van der Waals surface area contributed by atoms with Crippen molar-refractivity contribution in [3.05, 3.63) is 106 Å². The van der Waals surface area contributed by atoms with Gasteiger partial charge in [0.25, 0.3) is 11.8 Å². The molecule has 0 radical (unpaired) electrons. The van der Waals surface area contributed by atoms with Crippen molar-refractivity contribution in [2.45, 2.75) is 77.0 Å². The summed E-state index contributed by atoms with van der Waals surface area (Å²) in [5.74, 6) is -0.215. The lowest BCUT2D eigenvalue weighted by Crippen LogP contribution is -2.48. The van der Waals surface area contributed by atoms with Gasteiger partial charge in [-0.3, -0.25) is 14.3 Å². The Bertz CT molecular complexity index is 2010. The highest BCUT2D eigenvalue weighted by molar-refractivity contribution is 7.92. The van der Waals surface area contributed by atoms with Crippen molar-refractivity contribution in [2.24, 2.45) is 22.1 Å². The van der Waals surface area contributed by atoms with Crippen LogP contribution in [0.4, 0.5) is 0 Å². The van der Waals surface area contributed by atoms with Crippen LogP contribution in [0.5, 0.6) is 0 Å². The van der Waals surface area contributed by atoms with Gasteiger partial charge >= 0.3 is 0 Å². The zero-order valence-corrected chi connectivity index (χ0v) is 35.0. The Labute approximate surface area is 337 Å². The summed E-state index contributed by atoms with van der Waals surface area (Å²) in [6, 6.07) is 7.89. The molecule has 0 unspecified atom stereocenters. The Balaban J connectivity index is 1.41. The third-order valence-corrected chi connectivity index (χ3v) is 14.0. The Morgan fingerprint density at radius 1 is 1.21 bits per heavy atom. The number of fused-ring (bicyclic) bond motifs is 4. The van der Waals surface area contributed by atoms with E-state index in [4.69, 9.17) is 30.5 Å². The standard InChI is InChI=1S/C43H57ClN4O7S/c1-7-31-22-39-30(3)55-28-43(17-9-11-32-20-35(44)14-16-38(32)43)27-48(39)23-33-13-15-37(33)40(54-6)12-8-10-29(2)26-56(51,45-41(31)49)46-42(50)34-21-36(25-53-5)47(24-34)18-19-52-4/h7-8,12,14,16,20-22,24,29,33,37,40H,1,9-11,13,15,17-19,23,25-28H2,2-6H3,(H,45,46,49,50,51)/b12-8+,31-22+/t29-,33-,37+,40-,43-,56-/m0/s1. The minimum absolute atomic E-state index is 0.0405. The van der Waals surface area contributed by atoms with Gasteiger partial charge in [-0.2, -0.15) is 0 Å². The van der Waals surface area contributed by atoms with Crippen LogP contribution >= 0.6 is 11.6 Å². The van der Waals surface area contributed by atoms with Crippen LogP contribution in [0.1, 0.15) is 73.1 Å². The quantitative estimate of drug-likeness (QED) is 0.265. The number of amides is 2. The Morgan fingerprint density at radius 2 is 2.04 bits per heavy atom. The molecule has 0 saturated heterocycles. The van der Waals surface area contributed by atoms with E-state index in [1.165, 1.54) is 17.2 Å². The molecule has 1 saturated carbocycles. The maximum atomic E-state index is 14.8. The lowest BCUT2D eigenvalue weighted by molar-refractivity contribution is -0.113. The molecule has 56 heavy (non-hydrogen) atoms. The highest BCUT2D eigenvalue weighted by Crippen LogP contribution is 2.45. The van der Waals surface area contributed by atoms with Crippen LogP contribution in [0.3, 0.4) is 0 Å². The topological polar surface area (TPSA) is 121 Å². The fourth-order valence-corrected chi connectivity index (χ4v) is 10.9. The lowest BCUT2D eigenvalue weighted by Gasteiger charge is -2.46. The van der Waals surface area contributed by atoms with E-state index in [0.717, 1.165) is 55.1 Å². The number of rotatable bonds is 9. The molecule has 1 aromatic carbocycles. The molecule has 2 aliphatic carbocycles. The van der Waals surface area contributed by atoms with Crippen molar-refractivity contribution in [3.8, 4) is 0 Å². The number of aromatic nitrogens is 1. The van der Waals surface area contributed by atoms with E-state index in [0.29, 0.717) is 50.3 Å². The van der Waals surface area contributed by atoms with Crippen LogP contribution in [-0.4, -0.2) is 85.0 Å². The predicted octanol–water partition coefficient (Wildman–Crippen LogP) is 7.16. The minimum Gasteiger partial charge on any atom is -0.495 e. The molecule has 6 rings (SSSR count). The van der Waals surface area contributed by atoms with E-state index in [1.807, 2.05) is 24.5 Å². The number of nitrogens with zero attached hydrogens (tertiary/aromatic N) is 3. The molecule has 304 valence electrons. The average Bonchev–Trinajstić information content (AvgIpc) is 3.50. The Morgan fingerprint density at radius 3 is 2.75 bits per heavy atom. The zero-order chi connectivity index (χ0) is 40.0. The van der Waals surface area contributed by atoms with Crippen molar-refractivity contribution < 1.29 is 32.7 Å². The highest BCUT2D eigenvalue weighted by atomic mass is 35.5. The van der Waals surface area contributed by atoms with Crippen LogP contribution < -0.4 is 4.72 Å². The van der Waals surface area contributed by atoms with Crippen LogP contribution in [-0.2, 0) is 58.6 Å². The normalized spacial score (nSPS) is 30.0. The first kappa shape index (κ1) is 41.9. The summed E-state index contributed by atoms with van der Waals surface area (Å²) < 4.78 is 47.0. The van der Waals surface area contributed by atoms with Gasteiger partial charge in [-0.25, -0.2) is 4.21 Å². The summed E-state index contributed by atoms with van der Waals surface area (Å²) >= 11 is 6.48. The first-order chi connectivity index (χ1) is 26.9. The molecule has 1 aromatic heterocycles. The van der Waals surface area contributed by atoms with Crippen LogP contribution in [0.15, 0.2) is 82.7 Å². The van der Waals surface area contributed by atoms with E-state index in [1.54, 1.807) is 39.7 Å². The number of methoxy groups -OCH3 is 3. The lowest BCUT2D eigenvalue weighted by atomic mass is 9.68. The van der Waals surface area contributed by atoms with Crippen molar-refractivity contribution >= 4 is 33.3 Å². The molecule has 2 aliphatic heterocycles. The van der Waals surface area contributed by atoms with E-state index in [2.05, 4.69) is 44.8 Å². The van der Waals surface area contributed by atoms with Gasteiger partial charge in [0.15, 0.2) is 0 Å². The summed E-state index contributed by atoms with van der Waals surface area (Å²) in [4.78, 5) is 30.4. The summed E-state index contributed by atoms with van der Waals surface area (Å²) in [7, 11) is 1.31. The number of halogens is 1. The maximum absolute atomic E-state index is 14.8. The van der Waals surface area contributed by atoms with Crippen molar-refractivity contribution in [3.63, 3.8) is 0 Å². The van der Waals surface area contributed by atoms with Crippen molar-refractivity contribution in [1.82, 2.24) is 14.2 Å². The second kappa shape index (κ2) is 18.3. The first-order valence-electron chi connectivity index (χ1n) is 19.6. The summed E-state index contributed by atoms with van der Waals surface area (Å²) in [6.45, 7) is 11.0. The van der Waals surface area contributed by atoms with Gasteiger partial charge in [-0.15, -0.1) is 4.36 Å². The monoisotopic (exact) mass is 808 g/mol. The largest absolute Gasteiger partial charge is 0.495 e. The number of hydrogen-bond acceptors (Lipinski definition) is 8. The predicted molar refractivity (Wildman–Crippen MR) is 219 cm³/mol. The number of carbonyl (C=O) groups is 2. The Hall–Kier alpha value is -3.68. The fraction of sp³-hybridized carbons (Fsp3) is 0.535. The molecule has 4 aliphatic rings. The maximum Gasteiger partial charge on any atom is 0.286 e. The third kappa shape index (κ3) is 9.37. The van der Waals surface area contributed by atoms with Crippen LogP contribution in [0.2, 0.25) is 5.02 Å². The van der Waals surface area contributed by atoms with Gasteiger partial charge in [-0.1, -0.05) is 49.4 Å². The molecule has 6 atom stereocenters. The number of hydrogen-bond donors (Lipinski definition) is 1. The molecule has 2 aromatic rings. The van der Waals surface area contributed by atoms with Crippen molar-refractivity contribution in [2.75, 3.05) is 53.4 Å². The van der Waals surface area contributed by atoms with Gasteiger partial charge in [-0.05, 0) is 98.6 Å². The average molecular weight is 809 g/mol. The van der Waals surface area contributed by atoms with E-state index >= 15 is 0 Å². The molecule has 1 fully saturated rings. The minimum atomic E-state index is -3.63. The smallest absolute Gasteiger partial charge is 0.286 e. The summed E-state index contributed by atoms with van der Waals surface area (Å²) in [6.07, 6.45) is 14.6. The zero-order valence-electron chi connectivity index (χ0n) is 33.4. The van der Waals surface area contributed by atoms with E-state index < -0.39 is 21.7 Å². The molecule has 1 spiro atoms. The summed E-state index contributed by atoms with van der Waals surface area (Å²) in [5.41, 5.74) is 4.17. The number of ether oxygens (including phenoxy) is 4. The number of nitrogens with one attached hydrogen (secondary N) is 1. The van der Waals surface area contributed by atoms with Crippen molar-refractivity contribution in [1.29, 1.82) is 0 Å². The van der Waals surface area contributed by atoms with Gasteiger partial charge in [0, 0.05) is 68.9 Å².